The molecule has 1 aromatic carbocycles. The van der Waals surface area contributed by atoms with Crippen LogP contribution in [0.5, 0.6) is 0 Å². The molecule has 1 aromatic rings. The Morgan fingerprint density at radius 2 is 1.84 bits per heavy atom. The van der Waals surface area contributed by atoms with Crippen molar-refractivity contribution in [1.82, 2.24) is 5.32 Å². The summed E-state index contributed by atoms with van der Waals surface area (Å²) in [6.45, 7) is 2.89. The molecule has 0 saturated heterocycles. The average molecular weight is 263 g/mol. The second kappa shape index (κ2) is 6.69. The molecule has 0 heterocycles. The Hall–Kier alpha value is -1.38. The maximum atomic E-state index is 12.7. The fourth-order valence-electron chi connectivity index (χ4n) is 2.65. The van der Waals surface area contributed by atoms with Gasteiger partial charge in [-0.15, -0.1) is 0 Å². The number of amides is 1. The van der Waals surface area contributed by atoms with Crippen LogP contribution in [-0.2, 0) is 11.2 Å². The first kappa shape index (κ1) is 14.0. The van der Waals surface area contributed by atoms with Crippen LogP contribution >= 0.6 is 0 Å². The monoisotopic (exact) mass is 263 g/mol. The van der Waals surface area contributed by atoms with Crippen molar-refractivity contribution < 1.29 is 9.18 Å². The molecule has 0 aliphatic heterocycles. The van der Waals surface area contributed by atoms with E-state index in [1.165, 1.54) is 12.1 Å². The molecule has 1 amide bonds. The molecule has 1 aliphatic rings. The van der Waals surface area contributed by atoms with Gasteiger partial charge in [-0.1, -0.05) is 19.1 Å². The normalized spacial score (nSPS) is 23.1. The van der Waals surface area contributed by atoms with Gasteiger partial charge in [0.25, 0.3) is 0 Å². The summed E-state index contributed by atoms with van der Waals surface area (Å²) in [5, 5.41) is 3.00. The van der Waals surface area contributed by atoms with E-state index < -0.39 is 0 Å². The maximum Gasteiger partial charge on any atom is 0.223 e. The van der Waals surface area contributed by atoms with Crippen LogP contribution in [0.1, 0.15) is 38.2 Å². The fraction of sp³-hybridized carbons (Fsp3) is 0.562. The molecule has 2 rings (SSSR count). The topological polar surface area (TPSA) is 29.1 Å². The average Bonchev–Trinajstić information content (AvgIpc) is 2.41. The third-order valence-electron chi connectivity index (χ3n) is 4.01. The van der Waals surface area contributed by atoms with Gasteiger partial charge in [-0.05, 0) is 55.7 Å². The van der Waals surface area contributed by atoms with E-state index >= 15 is 0 Å². The SMILES string of the molecule is C[C@H]1CC[C@H](C(=O)NCCc2ccc(F)cc2)CC1. The zero-order chi connectivity index (χ0) is 13.7. The lowest BCUT2D eigenvalue weighted by Crippen LogP contribution is -2.34. The minimum absolute atomic E-state index is 0.189. The number of carbonyl (C=O) groups excluding carboxylic acids is 1. The van der Waals surface area contributed by atoms with E-state index in [0.29, 0.717) is 6.54 Å². The molecule has 0 aromatic heterocycles. The number of benzene rings is 1. The Balaban J connectivity index is 1.70. The molecule has 2 nitrogen and oxygen atoms in total. The summed E-state index contributed by atoms with van der Waals surface area (Å²) in [4.78, 5) is 12.0. The van der Waals surface area contributed by atoms with Crippen LogP contribution < -0.4 is 5.32 Å². The van der Waals surface area contributed by atoms with E-state index in [4.69, 9.17) is 0 Å². The van der Waals surface area contributed by atoms with E-state index in [9.17, 15) is 9.18 Å². The van der Waals surface area contributed by atoms with E-state index in [-0.39, 0.29) is 17.6 Å². The van der Waals surface area contributed by atoms with Crippen LogP contribution in [0.3, 0.4) is 0 Å². The predicted molar refractivity (Wildman–Crippen MR) is 74.2 cm³/mol. The first-order valence-corrected chi connectivity index (χ1v) is 7.17. The molecule has 104 valence electrons. The van der Waals surface area contributed by atoms with Gasteiger partial charge in [0.05, 0.1) is 0 Å². The van der Waals surface area contributed by atoms with Crippen LogP contribution in [0.2, 0.25) is 0 Å². The lowest BCUT2D eigenvalue weighted by atomic mass is 9.82. The highest BCUT2D eigenvalue weighted by Gasteiger charge is 2.23. The Morgan fingerprint density at radius 3 is 2.47 bits per heavy atom. The number of halogens is 1. The molecule has 0 bridgehead atoms. The molecule has 0 spiro atoms. The number of hydrogen-bond donors (Lipinski definition) is 1. The minimum Gasteiger partial charge on any atom is -0.356 e. The maximum absolute atomic E-state index is 12.7. The summed E-state index contributed by atoms with van der Waals surface area (Å²) in [6, 6.07) is 6.45. The predicted octanol–water partition coefficient (Wildman–Crippen LogP) is 3.31. The third-order valence-corrected chi connectivity index (χ3v) is 4.01. The quantitative estimate of drug-likeness (QED) is 0.887. The molecule has 0 unspecified atom stereocenters. The summed E-state index contributed by atoms with van der Waals surface area (Å²) in [6.07, 6.45) is 5.12. The van der Waals surface area contributed by atoms with Crippen molar-refractivity contribution in [2.24, 2.45) is 11.8 Å². The molecule has 3 heteroatoms. The Morgan fingerprint density at radius 1 is 1.21 bits per heavy atom. The van der Waals surface area contributed by atoms with Gasteiger partial charge in [-0.25, -0.2) is 4.39 Å². The number of rotatable bonds is 4. The van der Waals surface area contributed by atoms with Gasteiger partial charge in [0.15, 0.2) is 0 Å². The summed E-state index contributed by atoms with van der Waals surface area (Å²) in [7, 11) is 0. The summed E-state index contributed by atoms with van der Waals surface area (Å²) in [5.41, 5.74) is 1.05. The highest BCUT2D eigenvalue weighted by molar-refractivity contribution is 5.78. The van der Waals surface area contributed by atoms with E-state index in [0.717, 1.165) is 43.6 Å². The summed E-state index contributed by atoms with van der Waals surface area (Å²) < 4.78 is 12.7. The van der Waals surface area contributed by atoms with Crippen LogP contribution in [0.15, 0.2) is 24.3 Å². The molecular formula is C16H22FNO. The van der Waals surface area contributed by atoms with Gasteiger partial charge in [0.2, 0.25) is 5.91 Å². The van der Waals surface area contributed by atoms with Crippen molar-refractivity contribution in [2.45, 2.75) is 39.0 Å². The van der Waals surface area contributed by atoms with E-state index in [1.54, 1.807) is 12.1 Å². The second-order valence-corrected chi connectivity index (χ2v) is 5.62. The van der Waals surface area contributed by atoms with Gasteiger partial charge in [0, 0.05) is 12.5 Å². The van der Waals surface area contributed by atoms with Gasteiger partial charge in [-0.2, -0.15) is 0 Å². The van der Waals surface area contributed by atoms with Crippen molar-refractivity contribution in [2.75, 3.05) is 6.54 Å². The van der Waals surface area contributed by atoms with Crippen molar-refractivity contribution in [3.8, 4) is 0 Å². The van der Waals surface area contributed by atoms with Gasteiger partial charge in [0.1, 0.15) is 5.82 Å². The highest BCUT2D eigenvalue weighted by Crippen LogP contribution is 2.28. The summed E-state index contributed by atoms with van der Waals surface area (Å²) >= 11 is 0. The van der Waals surface area contributed by atoms with Gasteiger partial charge < -0.3 is 5.32 Å². The van der Waals surface area contributed by atoms with Gasteiger partial charge >= 0.3 is 0 Å². The third kappa shape index (κ3) is 4.34. The first-order chi connectivity index (χ1) is 9.15. The van der Waals surface area contributed by atoms with Gasteiger partial charge in [-0.3, -0.25) is 4.79 Å². The number of carbonyl (C=O) groups is 1. The molecule has 1 N–H and O–H groups in total. The first-order valence-electron chi connectivity index (χ1n) is 7.17. The van der Waals surface area contributed by atoms with E-state index in [2.05, 4.69) is 12.2 Å². The Labute approximate surface area is 114 Å². The largest absolute Gasteiger partial charge is 0.356 e. The molecule has 19 heavy (non-hydrogen) atoms. The smallest absolute Gasteiger partial charge is 0.223 e. The number of nitrogens with one attached hydrogen (secondary N) is 1. The summed E-state index contributed by atoms with van der Waals surface area (Å²) in [5.74, 6) is 0.936. The molecule has 1 saturated carbocycles. The molecular weight excluding hydrogens is 241 g/mol. The van der Waals surface area contributed by atoms with Crippen LogP contribution in [-0.4, -0.2) is 12.5 Å². The Kier molecular flexibility index (Phi) is 4.94. The lowest BCUT2D eigenvalue weighted by molar-refractivity contribution is -0.126. The van der Waals surface area contributed by atoms with Crippen molar-refractivity contribution in [3.05, 3.63) is 35.6 Å². The minimum atomic E-state index is -0.218. The zero-order valence-electron chi connectivity index (χ0n) is 11.5. The lowest BCUT2D eigenvalue weighted by Gasteiger charge is -2.25. The zero-order valence-corrected chi connectivity index (χ0v) is 11.5. The number of hydrogen-bond acceptors (Lipinski definition) is 1. The van der Waals surface area contributed by atoms with Crippen molar-refractivity contribution in [3.63, 3.8) is 0 Å². The highest BCUT2D eigenvalue weighted by atomic mass is 19.1. The second-order valence-electron chi connectivity index (χ2n) is 5.62. The van der Waals surface area contributed by atoms with Crippen molar-refractivity contribution in [1.29, 1.82) is 0 Å². The van der Waals surface area contributed by atoms with Crippen LogP contribution in [0.25, 0.3) is 0 Å². The molecule has 0 radical (unpaired) electrons. The van der Waals surface area contributed by atoms with Crippen molar-refractivity contribution >= 4 is 5.91 Å². The molecule has 0 atom stereocenters. The van der Waals surface area contributed by atoms with E-state index in [1.807, 2.05) is 0 Å². The van der Waals surface area contributed by atoms with Crippen LogP contribution in [0, 0.1) is 17.7 Å². The molecule has 1 aliphatic carbocycles. The van der Waals surface area contributed by atoms with Crippen LogP contribution in [0.4, 0.5) is 4.39 Å². The Bertz CT molecular complexity index is 407. The molecule has 1 fully saturated rings. The standard InChI is InChI=1S/C16H22FNO/c1-12-2-6-14(7-3-12)16(19)18-11-10-13-4-8-15(17)9-5-13/h4-5,8-9,12,14H,2-3,6-7,10-11H2,1H3,(H,18,19)/t12-,14-. The fourth-order valence-corrected chi connectivity index (χ4v) is 2.65.